The molecule has 0 spiro atoms. The van der Waals surface area contributed by atoms with E-state index < -0.39 is 36.2 Å². The fourth-order valence-corrected chi connectivity index (χ4v) is 2.47. The summed E-state index contributed by atoms with van der Waals surface area (Å²) in [5.41, 5.74) is -0.909. The van der Waals surface area contributed by atoms with Crippen LogP contribution in [-0.2, 0) is 4.84 Å². The molecule has 142 valence electrons. The minimum Gasteiger partial charge on any atom is -0.493 e. The fourth-order valence-electron chi connectivity index (χ4n) is 2.47. The Morgan fingerprint density at radius 2 is 1.93 bits per heavy atom. The molecule has 1 atom stereocenters. The first-order chi connectivity index (χ1) is 12.8. The summed E-state index contributed by atoms with van der Waals surface area (Å²) in [7, 11) is 1.30. The lowest BCUT2D eigenvalue weighted by atomic mass is 10.0. The average Bonchev–Trinajstić information content (AvgIpc) is 3.13. The molecule has 0 radical (unpaired) electrons. The van der Waals surface area contributed by atoms with E-state index in [2.05, 4.69) is 5.16 Å². The number of halogens is 4. The monoisotopic (exact) mass is 383 g/mol. The van der Waals surface area contributed by atoms with Crippen molar-refractivity contribution in [2.45, 2.75) is 18.7 Å². The average molecular weight is 383 g/mol. The first-order valence-electron chi connectivity index (χ1n) is 7.74. The molecule has 0 aliphatic carbocycles. The third-order valence-corrected chi connectivity index (χ3v) is 3.85. The summed E-state index contributed by atoms with van der Waals surface area (Å²) in [6, 6.07) is 9.43. The first-order valence-corrected chi connectivity index (χ1v) is 7.74. The van der Waals surface area contributed by atoms with Crippen LogP contribution < -0.4 is 9.47 Å². The highest BCUT2D eigenvalue weighted by molar-refractivity contribution is 5.92. The van der Waals surface area contributed by atoms with Crippen LogP contribution in [0.1, 0.15) is 28.4 Å². The van der Waals surface area contributed by atoms with Crippen molar-refractivity contribution < 1.29 is 36.7 Å². The summed E-state index contributed by atoms with van der Waals surface area (Å²) in [5.74, 6) is -1.60. The number of hydrogen-bond donors (Lipinski definition) is 0. The molecule has 27 heavy (non-hydrogen) atoms. The number of oxime groups is 1. The second kappa shape index (κ2) is 7.26. The maximum Gasteiger partial charge on any atom is 0.432 e. The number of nitrogens with zero attached hydrogens (tertiary/aromatic N) is 1. The molecule has 1 aliphatic rings. The van der Waals surface area contributed by atoms with E-state index in [1.807, 2.05) is 0 Å². The largest absolute Gasteiger partial charge is 0.493 e. The Hall–Kier alpha value is -3.10. The summed E-state index contributed by atoms with van der Waals surface area (Å²) in [4.78, 5) is 17.0. The number of ether oxygens (including phenoxy) is 2. The Morgan fingerprint density at radius 3 is 2.56 bits per heavy atom. The smallest absolute Gasteiger partial charge is 0.432 e. The van der Waals surface area contributed by atoms with Crippen LogP contribution in [0.15, 0.2) is 47.6 Å². The van der Waals surface area contributed by atoms with Crippen molar-refractivity contribution in [2.75, 3.05) is 7.11 Å². The Labute approximate surface area is 151 Å². The zero-order valence-corrected chi connectivity index (χ0v) is 13.9. The zero-order chi connectivity index (χ0) is 19.6. The maximum atomic E-state index is 13.7. The van der Waals surface area contributed by atoms with Gasteiger partial charge in [-0.05, 0) is 29.8 Å². The number of esters is 1. The summed E-state index contributed by atoms with van der Waals surface area (Å²) in [6.45, 7) is 0. The van der Waals surface area contributed by atoms with Gasteiger partial charge in [-0.1, -0.05) is 23.4 Å². The van der Waals surface area contributed by atoms with Gasteiger partial charge in [-0.15, -0.1) is 0 Å². The van der Waals surface area contributed by atoms with Crippen LogP contribution in [0, 0.1) is 5.82 Å². The van der Waals surface area contributed by atoms with Gasteiger partial charge in [0.05, 0.1) is 12.7 Å². The molecule has 0 saturated carbocycles. The summed E-state index contributed by atoms with van der Waals surface area (Å²) in [5, 5.41) is 3.06. The van der Waals surface area contributed by atoms with Crippen LogP contribution in [-0.4, -0.2) is 25.0 Å². The van der Waals surface area contributed by atoms with Gasteiger partial charge in [-0.3, -0.25) is 0 Å². The molecule has 2 aromatic rings. The molecule has 0 bridgehead atoms. The predicted octanol–water partition coefficient (Wildman–Crippen LogP) is 4.43. The number of carbonyl (C=O) groups excluding carboxylic acids is 1. The van der Waals surface area contributed by atoms with Gasteiger partial charge in [0, 0.05) is 6.42 Å². The Balaban J connectivity index is 1.78. The van der Waals surface area contributed by atoms with E-state index in [1.165, 1.54) is 43.5 Å². The molecule has 0 aromatic heterocycles. The molecular weight excluding hydrogens is 370 g/mol. The number of methoxy groups -OCH3 is 1. The van der Waals surface area contributed by atoms with Crippen LogP contribution in [0.2, 0.25) is 0 Å². The van der Waals surface area contributed by atoms with E-state index in [1.54, 1.807) is 0 Å². The van der Waals surface area contributed by atoms with Crippen LogP contribution in [0.25, 0.3) is 0 Å². The predicted molar refractivity (Wildman–Crippen MR) is 86.3 cm³/mol. The first kappa shape index (κ1) is 18.7. The van der Waals surface area contributed by atoms with Crippen molar-refractivity contribution in [1.29, 1.82) is 0 Å². The standard InChI is InChI=1S/C18H13F4NO4/c1-25-15-8-10(14-9-16(23-27-14)18(20,21)22)6-7-13(15)26-17(24)11-4-2-3-5-12(11)19/h2-8,14H,9H2,1H3. The highest BCUT2D eigenvalue weighted by atomic mass is 19.4. The lowest BCUT2D eigenvalue weighted by Crippen LogP contribution is -2.21. The molecule has 1 unspecified atom stereocenters. The van der Waals surface area contributed by atoms with Crippen LogP contribution in [0.3, 0.4) is 0 Å². The van der Waals surface area contributed by atoms with E-state index in [0.717, 1.165) is 6.07 Å². The van der Waals surface area contributed by atoms with Crippen LogP contribution in [0.5, 0.6) is 11.5 Å². The second-order valence-corrected chi connectivity index (χ2v) is 5.61. The highest BCUT2D eigenvalue weighted by Gasteiger charge is 2.42. The molecule has 3 rings (SSSR count). The van der Waals surface area contributed by atoms with E-state index in [0.29, 0.717) is 5.56 Å². The van der Waals surface area contributed by atoms with Gasteiger partial charge in [0.1, 0.15) is 5.82 Å². The van der Waals surface area contributed by atoms with E-state index in [4.69, 9.17) is 14.3 Å². The Morgan fingerprint density at radius 1 is 1.19 bits per heavy atom. The van der Waals surface area contributed by atoms with Gasteiger partial charge in [0.25, 0.3) is 0 Å². The second-order valence-electron chi connectivity index (χ2n) is 5.61. The number of rotatable bonds is 4. The lowest BCUT2D eigenvalue weighted by Gasteiger charge is -2.14. The summed E-state index contributed by atoms with van der Waals surface area (Å²) in [6.07, 6.45) is -5.94. The van der Waals surface area contributed by atoms with Crippen molar-refractivity contribution in [3.8, 4) is 11.5 Å². The van der Waals surface area contributed by atoms with Gasteiger partial charge in [-0.25, -0.2) is 9.18 Å². The molecule has 1 aliphatic heterocycles. The summed E-state index contributed by atoms with van der Waals surface area (Å²) < 4.78 is 62.0. The zero-order valence-electron chi connectivity index (χ0n) is 13.9. The molecule has 1 heterocycles. The number of hydrogen-bond acceptors (Lipinski definition) is 5. The minimum absolute atomic E-state index is 0.00976. The molecular formula is C18H13F4NO4. The maximum absolute atomic E-state index is 13.7. The molecule has 9 heteroatoms. The molecule has 0 amide bonds. The van der Waals surface area contributed by atoms with E-state index in [-0.39, 0.29) is 17.1 Å². The number of benzene rings is 2. The number of carbonyl (C=O) groups is 1. The van der Waals surface area contributed by atoms with E-state index >= 15 is 0 Å². The topological polar surface area (TPSA) is 57.1 Å². The normalized spacial score (nSPS) is 16.5. The molecule has 5 nitrogen and oxygen atoms in total. The Kier molecular flexibility index (Phi) is 5.02. The van der Waals surface area contributed by atoms with Gasteiger partial charge >= 0.3 is 12.1 Å². The molecule has 2 aromatic carbocycles. The van der Waals surface area contributed by atoms with E-state index in [9.17, 15) is 22.4 Å². The highest BCUT2D eigenvalue weighted by Crippen LogP contribution is 2.37. The fraction of sp³-hybridized carbons (Fsp3) is 0.222. The van der Waals surface area contributed by atoms with Gasteiger partial charge in [-0.2, -0.15) is 13.2 Å². The molecule has 0 saturated heterocycles. The lowest BCUT2D eigenvalue weighted by molar-refractivity contribution is -0.0604. The van der Waals surface area contributed by atoms with Crippen molar-refractivity contribution in [1.82, 2.24) is 0 Å². The SMILES string of the molecule is COc1cc(C2CC(C(F)(F)F)=NO2)ccc1OC(=O)c1ccccc1F. The third kappa shape index (κ3) is 4.02. The van der Waals surface area contributed by atoms with Gasteiger partial charge in [0.15, 0.2) is 23.3 Å². The van der Waals surface area contributed by atoms with Crippen molar-refractivity contribution in [3.63, 3.8) is 0 Å². The third-order valence-electron chi connectivity index (χ3n) is 3.85. The van der Waals surface area contributed by atoms with Gasteiger partial charge in [0.2, 0.25) is 0 Å². The quantitative estimate of drug-likeness (QED) is 0.445. The minimum atomic E-state index is -4.56. The van der Waals surface area contributed by atoms with Crippen LogP contribution in [0.4, 0.5) is 17.6 Å². The van der Waals surface area contributed by atoms with Gasteiger partial charge < -0.3 is 14.3 Å². The van der Waals surface area contributed by atoms with Crippen molar-refractivity contribution >= 4 is 11.7 Å². The molecule has 0 N–H and O–H groups in total. The summed E-state index contributed by atoms with van der Waals surface area (Å²) >= 11 is 0. The van der Waals surface area contributed by atoms with Crippen molar-refractivity contribution in [3.05, 3.63) is 59.4 Å². The van der Waals surface area contributed by atoms with Crippen molar-refractivity contribution in [2.24, 2.45) is 5.16 Å². The molecule has 0 fully saturated rings. The number of alkyl halides is 3. The Bertz CT molecular complexity index is 895. The van der Waals surface area contributed by atoms with Crippen LogP contribution >= 0.6 is 0 Å².